The van der Waals surface area contributed by atoms with E-state index in [0.717, 1.165) is 0 Å². The Morgan fingerprint density at radius 3 is 2.00 bits per heavy atom. The lowest BCUT2D eigenvalue weighted by molar-refractivity contribution is -0.134. The van der Waals surface area contributed by atoms with Crippen LogP contribution in [0.3, 0.4) is 0 Å². The summed E-state index contributed by atoms with van der Waals surface area (Å²) in [7, 11) is 1.71. The van der Waals surface area contributed by atoms with E-state index < -0.39 is 0 Å². The topological polar surface area (TPSA) is 39.7 Å². The van der Waals surface area contributed by atoms with Gasteiger partial charge in [0.1, 0.15) is 0 Å². The van der Waals surface area contributed by atoms with Crippen LogP contribution < -0.4 is 5.32 Å². The molecule has 0 aromatic carbocycles. The fourth-order valence-corrected chi connectivity index (χ4v) is 1.19. The molecule has 0 aliphatic rings. The summed E-state index contributed by atoms with van der Waals surface area (Å²) < 4.78 is 16.1. The van der Waals surface area contributed by atoms with Crippen molar-refractivity contribution in [2.24, 2.45) is 0 Å². The van der Waals surface area contributed by atoms with Crippen LogP contribution in [0.25, 0.3) is 0 Å². The van der Waals surface area contributed by atoms with Crippen LogP contribution in [-0.4, -0.2) is 45.3 Å². The summed E-state index contributed by atoms with van der Waals surface area (Å²) in [6.45, 7) is 10.1. The largest absolute Gasteiger partial charge is 0.380 e. The van der Waals surface area contributed by atoms with Gasteiger partial charge in [-0.25, -0.2) is 0 Å². The molecule has 0 saturated heterocycles. The van der Waals surface area contributed by atoms with Crippen LogP contribution >= 0.6 is 0 Å². The molecular formula is C11H25NO3. The lowest BCUT2D eigenvalue weighted by Gasteiger charge is -2.23. The Kier molecular flexibility index (Phi) is 9.00. The quantitative estimate of drug-likeness (QED) is 0.595. The highest BCUT2D eigenvalue weighted by molar-refractivity contribution is 4.68. The van der Waals surface area contributed by atoms with Gasteiger partial charge in [0, 0.05) is 32.9 Å². The SMILES string of the molecule is CCOC(CNC(C)C(C)OC)OCC. The first-order valence-electron chi connectivity index (χ1n) is 5.65. The number of rotatable bonds is 9. The second-order valence-corrected chi connectivity index (χ2v) is 3.48. The standard InChI is InChI=1S/C11H25NO3/c1-6-14-11(15-7-2)8-12-9(3)10(4)13-5/h9-12H,6-8H2,1-5H3. The zero-order valence-corrected chi connectivity index (χ0v) is 10.6. The molecule has 0 heterocycles. The first-order valence-corrected chi connectivity index (χ1v) is 5.65. The van der Waals surface area contributed by atoms with E-state index in [-0.39, 0.29) is 12.4 Å². The molecule has 0 rings (SSSR count). The maximum Gasteiger partial charge on any atom is 0.169 e. The van der Waals surface area contributed by atoms with Gasteiger partial charge in [-0.3, -0.25) is 0 Å². The minimum atomic E-state index is -0.161. The summed E-state index contributed by atoms with van der Waals surface area (Å²) in [6, 6.07) is 0.290. The highest BCUT2D eigenvalue weighted by Crippen LogP contribution is 1.98. The number of methoxy groups -OCH3 is 1. The lowest BCUT2D eigenvalue weighted by atomic mass is 10.2. The van der Waals surface area contributed by atoms with Crippen LogP contribution in [0.5, 0.6) is 0 Å². The average Bonchev–Trinajstić information content (AvgIpc) is 2.25. The first kappa shape index (κ1) is 14.8. The van der Waals surface area contributed by atoms with Crippen molar-refractivity contribution in [3.63, 3.8) is 0 Å². The molecule has 2 atom stereocenters. The van der Waals surface area contributed by atoms with Crippen molar-refractivity contribution in [3.05, 3.63) is 0 Å². The smallest absolute Gasteiger partial charge is 0.169 e. The van der Waals surface area contributed by atoms with Crippen LogP contribution in [0.15, 0.2) is 0 Å². The summed E-state index contributed by atoms with van der Waals surface area (Å²) in [4.78, 5) is 0. The molecule has 0 amide bonds. The van der Waals surface area contributed by atoms with Gasteiger partial charge >= 0.3 is 0 Å². The van der Waals surface area contributed by atoms with E-state index in [1.54, 1.807) is 7.11 Å². The van der Waals surface area contributed by atoms with Crippen LogP contribution in [0.4, 0.5) is 0 Å². The summed E-state index contributed by atoms with van der Waals surface area (Å²) in [6.07, 6.45) is 0.0282. The highest BCUT2D eigenvalue weighted by Gasteiger charge is 2.13. The average molecular weight is 219 g/mol. The summed E-state index contributed by atoms with van der Waals surface area (Å²) in [5, 5.41) is 3.33. The van der Waals surface area contributed by atoms with Crippen molar-refractivity contribution in [1.82, 2.24) is 5.32 Å². The summed E-state index contributed by atoms with van der Waals surface area (Å²) >= 11 is 0. The second-order valence-electron chi connectivity index (χ2n) is 3.48. The molecule has 0 aliphatic heterocycles. The number of nitrogens with one attached hydrogen (secondary N) is 1. The van der Waals surface area contributed by atoms with Crippen LogP contribution in [0.1, 0.15) is 27.7 Å². The minimum absolute atomic E-state index is 0.161. The maximum atomic E-state index is 5.42. The van der Waals surface area contributed by atoms with E-state index in [9.17, 15) is 0 Å². The van der Waals surface area contributed by atoms with Gasteiger partial charge in [0.25, 0.3) is 0 Å². The van der Waals surface area contributed by atoms with Crippen LogP contribution in [0.2, 0.25) is 0 Å². The highest BCUT2D eigenvalue weighted by atomic mass is 16.7. The zero-order valence-electron chi connectivity index (χ0n) is 10.6. The third-order valence-electron chi connectivity index (χ3n) is 2.39. The monoisotopic (exact) mass is 219 g/mol. The fourth-order valence-electron chi connectivity index (χ4n) is 1.19. The molecule has 0 saturated carbocycles. The van der Waals surface area contributed by atoms with Crippen molar-refractivity contribution in [1.29, 1.82) is 0 Å². The van der Waals surface area contributed by atoms with E-state index in [1.165, 1.54) is 0 Å². The summed E-state index contributed by atoms with van der Waals surface area (Å²) in [5.41, 5.74) is 0. The molecule has 0 fully saturated rings. The third kappa shape index (κ3) is 6.84. The molecule has 15 heavy (non-hydrogen) atoms. The Bertz CT molecular complexity index is 138. The molecular weight excluding hydrogens is 194 g/mol. The normalized spacial score (nSPS) is 15.6. The summed E-state index contributed by atoms with van der Waals surface area (Å²) in [5.74, 6) is 0. The van der Waals surface area contributed by atoms with Crippen molar-refractivity contribution >= 4 is 0 Å². The van der Waals surface area contributed by atoms with E-state index in [0.29, 0.717) is 25.8 Å². The lowest BCUT2D eigenvalue weighted by Crippen LogP contribution is -2.42. The second kappa shape index (κ2) is 9.09. The maximum absolute atomic E-state index is 5.42. The number of hydrogen-bond donors (Lipinski definition) is 1. The van der Waals surface area contributed by atoms with Crippen molar-refractivity contribution in [3.8, 4) is 0 Å². The molecule has 92 valence electrons. The predicted octanol–water partition coefficient (Wildman–Crippen LogP) is 1.40. The van der Waals surface area contributed by atoms with Gasteiger partial charge in [0.2, 0.25) is 0 Å². The van der Waals surface area contributed by atoms with Gasteiger partial charge in [0.05, 0.1) is 6.10 Å². The van der Waals surface area contributed by atoms with Gasteiger partial charge in [0.15, 0.2) is 6.29 Å². The molecule has 4 heteroatoms. The van der Waals surface area contributed by atoms with Crippen molar-refractivity contribution in [2.75, 3.05) is 26.9 Å². The van der Waals surface area contributed by atoms with Crippen molar-refractivity contribution in [2.45, 2.75) is 46.1 Å². The Morgan fingerprint density at radius 2 is 1.60 bits per heavy atom. The Labute approximate surface area is 93.3 Å². The number of ether oxygens (including phenoxy) is 3. The number of hydrogen-bond acceptors (Lipinski definition) is 4. The first-order chi connectivity index (χ1) is 7.15. The molecule has 0 radical (unpaired) electrons. The van der Waals surface area contributed by atoms with Gasteiger partial charge < -0.3 is 19.5 Å². The van der Waals surface area contributed by atoms with E-state index >= 15 is 0 Å². The Morgan fingerprint density at radius 1 is 1.07 bits per heavy atom. The van der Waals surface area contributed by atoms with Crippen molar-refractivity contribution < 1.29 is 14.2 Å². The van der Waals surface area contributed by atoms with Gasteiger partial charge in [-0.05, 0) is 27.7 Å². The molecule has 4 nitrogen and oxygen atoms in total. The third-order valence-corrected chi connectivity index (χ3v) is 2.39. The Balaban J connectivity index is 3.76. The van der Waals surface area contributed by atoms with Gasteiger partial charge in [-0.1, -0.05) is 0 Å². The zero-order chi connectivity index (χ0) is 11.7. The Hall–Kier alpha value is -0.160. The van der Waals surface area contributed by atoms with E-state index in [2.05, 4.69) is 12.2 Å². The predicted molar refractivity (Wildman–Crippen MR) is 61.0 cm³/mol. The molecule has 2 unspecified atom stereocenters. The molecule has 0 aromatic rings. The molecule has 1 N–H and O–H groups in total. The molecule has 0 aromatic heterocycles. The molecule has 0 spiro atoms. The fraction of sp³-hybridized carbons (Fsp3) is 1.00. The van der Waals surface area contributed by atoms with Crippen LogP contribution in [0, 0.1) is 0 Å². The van der Waals surface area contributed by atoms with E-state index in [4.69, 9.17) is 14.2 Å². The molecule has 0 bridgehead atoms. The van der Waals surface area contributed by atoms with Gasteiger partial charge in [-0.15, -0.1) is 0 Å². The van der Waals surface area contributed by atoms with Gasteiger partial charge in [-0.2, -0.15) is 0 Å². The van der Waals surface area contributed by atoms with E-state index in [1.807, 2.05) is 20.8 Å². The van der Waals surface area contributed by atoms with Crippen LogP contribution in [-0.2, 0) is 14.2 Å². The molecule has 0 aliphatic carbocycles. The minimum Gasteiger partial charge on any atom is -0.380 e.